The highest BCUT2D eigenvalue weighted by Crippen LogP contribution is 2.27. The molecule has 6 heteroatoms. The Bertz CT molecular complexity index is 852. The van der Waals surface area contributed by atoms with E-state index in [0.29, 0.717) is 34.0 Å². The van der Waals surface area contributed by atoms with Gasteiger partial charge in [-0.05, 0) is 42.3 Å². The summed E-state index contributed by atoms with van der Waals surface area (Å²) in [7, 11) is 0. The Labute approximate surface area is 150 Å². The molecule has 0 atom stereocenters. The average Bonchev–Trinajstić information content (AvgIpc) is 2.58. The van der Waals surface area contributed by atoms with Gasteiger partial charge in [0.2, 0.25) is 5.95 Å². The van der Waals surface area contributed by atoms with E-state index in [1.165, 1.54) is 11.1 Å². The molecule has 1 aromatic heterocycles. The number of nitrogens with zero attached hydrogens (tertiary/aromatic N) is 2. The van der Waals surface area contributed by atoms with Crippen LogP contribution in [0.1, 0.15) is 11.1 Å². The first kappa shape index (κ1) is 16.6. The Balaban J connectivity index is 1.72. The highest BCUT2D eigenvalue weighted by atomic mass is 35.5. The number of rotatable bonds is 5. The molecule has 2 aromatic carbocycles. The highest BCUT2D eigenvalue weighted by molar-refractivity contribution is 6.35. The van der Waals surface area contributed by atoms with Crippen LogP contribution in [0.15, 0.2) is 54.7 Å². The maximum Gasteiger partial charge on any atom is 0.224 e. The van der Waals surface area contributed by atoms with E-state index in [0.717, 1.165) is 0 Å². The Morgan fingerprint density at radius 2 is 1.88 bits per heavy atom. The molecular formula is C18H16Cl2N4. The summed E-state index contributed by atoms with van der Waals surface area (Å²) in [6, 6.07) is 15.2. The lowest BCUT2D eigenvalue weighted by molar-refractivity contribution is 1.04. The second-order valence-electron chi connectivity index (χ2n) is 5.29. The summed E-state index contributed by atoms with van der Waals surface area (Å²) in [6.45, 7) is 2.74. The van der Waals surface area contributed by atoms with Crippen molar-refractivity contribution in [2.45, 2.75) is 13.5 Å². The van der Waals surface area contributed by atoms with E-state index in [-0.39, 0.29) is 0 Å². The minimum atomic E-state index is 0.543. The van der Waals surface area contributed by atoms with Crippen LogP contribution in [0, 0.1) is 6.92 Å². The van der Waals surface area contributed by atoms with Crippen molar-refractivity contribution >= 4 is 40.7 Å². The van der Waals surface area contributed by atoms with Crippen LogP contribution in [0.3, 0.4) is 0 Å². The molecule has 1 heterocycles. The van der Waals surface area contributed by atoms with E-state index in [2.05, 4.69) is 39.7 Å². The second kappa shape index (κ2) is 7.51. The average molecular weight is 359 g/mol. The van der Waals surface area contributed by atoms with Crippen LogP contribution in [0.5, 0.6) is 0 Å². The maximum absolute atomic E-state index is 6.16. The lowest BCUT2D eigenvalue weighted by Gasteiger charge is -2.11. The summed E-state index contributed by atoms with van der Waals surface area (Å²) in [4.78, 5) is 8.69. The van der Waals surface area contributed by atoms with Gasteiger partial charge in [0, 0.05) is 17.8 Å². The van der Waals surface area contributed by atoms with Gasteiger partial charge in [-0.15, -0.1) is 0 Å². The highest BCUT2D eigenvalue weighted by Gasteiger charge is 2.05. The number of nitrogens with one attached hydrogen (secondary N) is 2. The second-order valence-corrected chi connectivity index (χ2v) is 6.14. The molecule has 122 valence electrons. The predicted molar refractivity (Wildman–Crippen MR) is 100 cm³/mol. The quantitative estimate of drug-likeness (QED) is 0.636. The van der Waals surface area contributed by atoms with E-state index >= 15 is 0 Å². The summed E-state index contributed by atoms with van der Waals surface area (Å²) < 4.78 is 0. The zero-order chi connectivity index (χ0) is 16.9. The number of benzene rings is 2. The zero-order valence-electron chi connectivity index (χ0n) is 13.1. The zero-order valence-corrected chi connectivity index (χ0v) is 14.6. The molecule has 24 heavy (non-hydrogen) atoms. The smallest absolute Gasteiger partial charge is 0.224 e. The molecule has 0 amide bonds. The van der Waals surface area contributed by atoms with Crippen LogP contribution in [0.2, 0.25) is 10.0 Å². The number of halogens is 2. The van der Waals surface area contributed by atoms with Crippen molar-refractivity contribution in [3.8, 4) is 0 Å². The van der Waals surface area contributed by atoms with Gasteiger partial charge in [0.15, 0.2) is 0 Å². The minimum absolute atomic E-state index is 0.543. The molecule has 0 spiro atoms. The summed E-state index contributed by atoms with van der Waals surface area (Å²) in [5.41, 5.74) is 3.13. The predicted octanol–water partition coefficient (Wildman–Crippen LogP) is 5.45. The lowest BCUT2D eigenvalue weighted by atomic mass is 10.1. The molecule has 0 saturated carbocycles. The number of aromatic nitrogens is 2. The van der Waals surface area contributed by atoms with Crippen LogP contribution in [-0.4, -0.2) is 9.97 Å². The fourth-order valence-electron chi connectivity index (χ4n) is 2.23. The van der Waals surface area contributed by atoms with Gasteiger partial charge < -0.3 is 10.6 Å². The third-order valence-electron chi connectivity index (χ3n) is 3.54. The molecule has 0 saturated heterocycles. The third-order valence-corrected chi connectivity index (χ3v) is 4.11. The van der Waals surface area contributed by atoms with E-state index in [1.54, 1.807) is 30.5 Å². The monoisotopic (exact) mass is 358 g/mol. The fraction of sp³-hybridized carbons (Fsp3) is 0.111. The Hall–Kier alpha value is -2.30. The number of anilines is 3. The first-order valence-electron chi connectivity index (χ1n) is 7.45. The molecule has 0 aliphatic carbocycles. The molecule has 2 N–H and O–H groups in total. The van der Waals surface area contributed by atoms with Gasteiger partial charge in [-0.2, -0.15) is 4.98 Å². The van der Waals surface area contributed by atoms with Gasteiger partial charge in [-0.3, -0.25) is 0 Å². The van der Waals surface area contributed by atoms with Gasteiger partial charge in [-0.1, -0.05) is 47.5 Å². The number of aryl methyl sites for hydroxylation is 1. The first-order chi connectivity index (χ1) is 11.6. The van der Waals surface area contributed by atoms with Crippen molar-refractivity contribution in [1.29, 1.82) is 0 Å². The van der Waals surface area contributed by atoms with Crippen molar-refractivity contribution in [3.05, 3.63) is 75.9 Å². The van der Waals surface area contributed by atoms with Crippen LogP contribution in [0.25, 0.3) is 0 Å². The van der Waals surface area contributed by atoms with Crippen molar-refractivity contribution in [3.63, 3.8) is 0 Å². The fourth-order valence-corrected chi connectivity index (χ4v) is 2.56. The summed E-state index contributed by atoms with van der Waals surface area (Å²) in [5, 5.41) is 7.57. The van der Waals surface area contributed by atoms with Crippen molar-refractivity contribution in [2.24, 2.45) is 0 Å². The summed E-state index contributed by atoms with van der Waals surface area (Å²) in [6.07, 6.45) is 1.69. The summed E-state index contributed by atoms with van der Waals surface area (Å²) >= 11 is 12.2. The van der Waals surface area contributed by atoms with Gasteiger partial charge >= 0.3 is 0 Å². The Kier molecular flexibility index (Phi) is 5.18. The molecule has 3 rings (SSSR count). The van der Waals surface area contributed by atoms with Crippen molar-refractivity contribution in [1.82, 2.24) is 9.97 Å². The SMILES string of the molecule is Cc1ccccc1CNc1nccc(Nc2cc(Cl)ccc2Cl)n1. The molecule has 0 aliphatic rings. The van der Waals surface area contributed by atoms with E-state index in [9.17, 15) is 0 Å². The van der Waals surface area contributed by atoms with Crippen LogP contribution in [0.4, 0.5) is 17.5 Å². The molecule has 0 radical (unpaired) electrons. The molecule has 0 aliphatic heterocycles. The van der Waals surface area contributed by atoms with Crippen LogP contribution in [-0.2, 0) is 6.54 Å². The van der Waals surface area contributed by atoms with Crippen molar-refractivity contribution in [2.75, 3.05) is 10.6 Å². The van der Waals surface area contributed by atoms with Gasteiger partial charge in [0.25, 0.3) is 0 Å². The van der Waals surface area contributed by atoms with Crippen LogP contribution >= 0.6 is 23.2 Å². The lowest BCUT2D eigenvalue weighted by Crippen LogP contribution is -2.06. The van der Waals surface area contributed by atoms with Crippen LogP contribution < -0.4 is 10.6 Å². The van der Waals surface area contributed by atoms with E-state index < -0.39 is 0 Å². The Morgan fingerprint density at radius 3 is 2.71 bits per heavy atom. The van der Waals surface area contributed by atoms with E-state index in [4.69, 9.17) is 23.2 Å². The Morgan fingerprint density at radius 1 is 1.04 bits per heavy atom. The molecular weight excluding hydrogens is 343 g/mol. The largest absolute Gasteiger partial charge is 0.350 e. The van der Waals surface area contributed by atoms with Crippen molar-refractivity contribution < 1.29 is 0 Å². The van der Waals surface area contributed by atoms with Gasteiger partial charge in [0.1, 0.15) is 5.82 Å². The minimum Gasteiger partial charge on any atom is -0.350 e. The normalized spacial score (nSPS) is 10.5. The molecule has 3 aromatic rings. The van der Waals surface area contributed by atoms with E-state index in [1.807, 2.05) is 12.1 Å². The molecule has 4 nitrogen and oxygen atoms in total. The summed E-state index contributed by atoms with van der Waals surface area (Å²) in [5.74, 6) is 1.18. The maximum atomic E-state index is 6.16. The van der Waals surface area contributed by atoms with Gasteiger partial charge in [-0.25, -0.2) is 4.98 Å². The third kappa shape index (κ3) is 4.16. The topological polar surface area (TPSA) is 49.8 Å². The molecule has 0 fully saturated rings. The molecule has 0 unspecified atom stereocenters. The standard InChI is InChI=1S/C18H16Cl2N4/c1-12-4-2-3-5-13(12)11-22-18-21-9-8-17(24-18)23-16-10-14(19)6-7-15(16)20/h2-10H,11H2,1H3,(H2,21,22,23,24). The number of hydrogen-bond donors (Lipinski definition) is 2. The first-order valence-corrected chi connectivity index (χ1v) is 8.21. The van der Waals surface area contributed by atoms with Gasteiger partial charge in [0.05, 0.1) is 10.7 Å². The molecule has 0 bridgehead atoms. The number of hydrogen-bond acceptors (Lipinski definition) is 4.